The average Bonchev–Trinajstić information content (AvgIpc) is 3.23. The van der Waals surface area contributed by atoms with Crippen molar-refractivity contribution in [3.8, 4) is 0 Å². The van der Waals surface area contributed by atoms with E-state index >= 15 is 0 Å². The number of thiophene rings is 1. The van der Waals surface area contributed by atoms with Gasteiger partial charge in [0, 0.05) is 24.5 Å². The SMILES string of the molecule is O=C(Cc1ccc2ccccc2c1)NC[C@@H](c1cccs1)N1CCOCC1. The molecule has 0 saturated carbocycles. The maximum Gasteiger partial charge on any atom is 0.224 e. The number of morpholine rings is 1. The summed E-state index contributed by atoms with van der Waals surface area (Å²) >= 11 is 1.75. The molecule has 3 aromatic rings. The Bertz CT molecular complexity index is 888. The Morgan fingerprint density at radius 3 is 2.67 bits per heavy atom. The maximum atomic E-state index is 12.6. The third kappa shape index (κ3) is 4.56. The summed E-state index contributed by atoms with van der Waals surface area (Å²) in [7, 11) is 0. The molecular weight excluding hydrogens is 356 g/mol. The van der Waals surface area contributed by atoms with E-state index in [4.69, 9.17) is 4.74 Å². The summed E-state index contributed by atoms with van der Waals surface area (Å²) in [6.07, 6.45) is 0.408. The minimum atomic E-state index is 0.0695. The Kier molecular flexibility index (Phi) is 5.82. The number of benzene rings is 2. The summed E-state index contributed by atoms with van der Waals surface area (Å²) in [6.45, 7) is 3.96. The number of carbonyl (C=O) groups is 1. The van der Waals surface area contributed by atoms with Gasteiger partial charge in [0.1, 0.15) is 0 Å². The largest absolute Gasteiger partial charge is 0.379 e. The highest BCUT2D eigenvalue weighted by Crippen LogP contribution is 2.25. The van der Waals surface area contributed by atoms with Gasteiger partial charge in [-0.1, -0.05) is 48.5 Å². The molecule has 0 aliphatic carbocycles. The number of fused-ring (bicyclic) bond motifs is 1. The molecular formula is C22H24N2O2S. The molecule has 0 unspecified atom stereocenters. The van der Waals surface area contributed by atoms with Crippen LogP contribution in [0.5, 0.6) is 0 Å². The van der Waals surface area contributed by atoms with Crippen LogP contribution in [0, 0.1) is 0 Å². The van der Waals surface area contributed by atoms with E-state index in [0.717, 1.165) is 31.9 Å². The van der Waals surface area contributed by atoms with Gasteiger partial charge in [0.05, 0.1) is 25.7 Å². The van der Waals surface area contributed by atoms with Crippen molar-refractivity contribution < 1.29 is 9.53 Å². The number of hydrogen-bond acceptors (Lipinski definition) is 4. The Balaban J connectivity index is 1.39. The molecule has 1 fully saturated rings. The number of nitrogens with one attached hydrogen (secondary N) is 1. The van der Waals surface area contributed by atoms with Crippen molar-refractivity contribution in [1.82, 2.24) is 10.2 Å². The van der Waals surface area contributed by atoms with Gasteiger partial charge < -0.3 is 10.1 Å². The molecule has 1 N–H and O–H groups in total. The quantitative estimate of drug-likeness (QED) is 0.710. The highest BCUT2D eigenvalue weighted by molar-refractivity contribution is 7.10. The monoisotopic (exact) mass is 380 g/mol. The second-order valence-electron chi connectivity index (χ2n) is 6.84. The van der Waals surface area contributed by atoms with Crippen molar-refractivity contribution >= 4 is 28.0 Å². The van der Waals surface area contributed by atoms with Crippen LogP contribution >= 0.6 is 11.3 Å². The standard InChI is InChI=1S/C22H24N2O2S/c25-22(15-17-7-8-18-4-1-2-5-19(18)14-17)23-16-20(21-6-3-13-27-21)24-9-11-26-12-10-24/h1-8,13-14,20H,9-12,15-16H2,(H,23,25)/t20-/m0/s1. The number of hydrogen-bond donors (Lipinski definition) is 1. The molecule has 0 bridgehead atoms. The van der Waals surface area contributed by atoms with Crippen LogP contribution in [0.4, 0.5) is 0 Å². The normalized spacial score (nSPS) is 16.3. The lowest BCUT2D eigenvalue weighted by atomic mass is 10.0. The maximum absolute atomic E-state index is 12.6. The zero-order chi connectivity index (χ0) is 18.5. The Labute approximate surface area is 163 Å². The second-order valence-corrected chi connectivity index (χ2v) is 7.82. The number of carbonyl (C=O) groups excluding carboxylic acids is 1. The van der Waals surface area contributed by atoms with E-state index in [1.54, 1.807) is 11.3 Å². The van der Waals surface area contributed by atoms with Crippen molar-refractivity contribution in [1.29, 1.82) is 0 Å². The number of rotatable bonds is 6. The minimum Gasteiger partial charge on any atom is -0.379 e. The van der Waals surface area contributed by atoms with Gasteiger partial charge in [-0.15, -0.1) is 11.3 Å². The molecule has 4 nitrogen and oxygen atoms in total. The third-order valence-corrected chi connectivity index (χ3v) is 6.00. The molecule has 2 aromatic carbocycles. The zero-order valence-electron chi connectivity index (χ0n) is 15.3. The fourth-order valence-corrected chi connectivity index (χ4v) is 4.45. The predicted octanol–water partition coefficient (Wildman–Crippen LogP) is 3.63. The second kappa shape index (κ2) is 8.65. The fraction of sp³-hybridized carbons (Fsp3) is 0.318. The first-order valence-corrected chi connectivity index (χ1v) is 10.3. The van der Waals surface area contributed by atoms with Crippen LogP contribution in [0.3, 0.4) is 0 Å². The summed E-state index contributed by atoms with van der Waals surface area (Å²) in [4.78, 5) is 16.3. The van der Waals surface area contributed by atoms with Crippen molar-refractivity contribution in [3.63, 3.8) is 0 Å². The van der Waals surface area contributed by atoms with E-state index in [2.05, 4.69) is 52.0 Å². The first kappa shape index (κ1) is 18.2. The Morgan fingerprint density at radius 1 is 1.07 bits per heavy atom. The van der Waals surface area contributed by atoms with Crippen LogP contribution in [0.15, 0.2) is 60.0 Å². The first-order valence-electron chi connectivity index (χ1n) is 9.39. The third-order valence-electron chi connectivity index (χ3n) is 5.03. The molecule has 4 rings (SSSR count). The molecule has 1 saturated heterocycles. The molecule has 0 radical (unpaired) electrons. The number of amides is 1. The lowest BCUT2D eigenvalue weighted by molar-refractivity contribution is -0.120. The van der Waals surface area contributed by atoms with E-state index in [-0.39, 0.29) is 11.9 Å². The highest BCUT2D eigenvalue weighted by Gasteiger charge is 2.23. The van der Waals surface area contributed by atoms with Crippen LogP contribution in [0.2, 0.25) is 0 Å². The topological polar surface area (TPSA) is 41.6 Å². The summed E-state index contributed by atoms with van der Waals surface area (Å²) in [5.41, 5.74) is 1.05. The van der Waals surface area contributed by atoms with Crippen molar-refractivity contribution in [2.24, 2.45) is 0 Å². The van der Waals surface area contributed by atoms with Gasteiger partial charge >= 0.3 is 0 Å². The summed E-state index contributed by atoms with van der Waals surface area (Å²) in [5.74, 6) is 0.0695. The predicted molar refractivity (Wildman–Crippen MR) is 110 cm³/mol. The van der Waals surface area contributed by atoms with Gasteiger partial charge in [0.25, 0.3) is 0 Å². The molecule has 27 heavy (non-hydrogen) atoms. The smallest absolute Gasteiger partial charge is 0.224 e. The molecule has 5 heteroatoms. The van der Waals surface area contributed by atoms with Gasteiger partial charge in [-0.25, -0.2) is 0 Å². The molecule has 2 heterocycles. The molecule has 1 aliphatic rings. The molecule has 1 aromatic heterocycles. The van der Waals surface area contributed by atoms with E-state index in [1.165, 1.54) is 15.6 Å². The van der Waals surface area contributed by atoms with Crippen LogP contribution < -0.4 is 5.32 Å². The molecule has 1 aliphatic heterocycles. The molecule has 1 amide bonds. The average molecular weight is 381 g/mol. The van der Waals surface area contributed by atoms with Crippen molar-refractivity contribution in [2.75, 3.05) is 32.8 Å². The van der Waals surface area contributed by atoms with Gasteiger partial charge in [0.2, 0.25) is 5.91 Å². The Morgan fingerprint density at radius 2 is 1.89 bits per heavy atom. The number of ether oxygens (including phenoxy) is 1. The van der Waals surface area contributed by atoms with Gasteiger partial charge in [-0.2, -0.15) is 0 Å². The van der Waals surface area contributed by atoms with Gasteiger partial charge in [-0.3, -0.25) is 9.69 Å². The van der Waals surface area contributed by atoms with Gasteiger partial charge in [-0.05, 0) is 27.8 Å². The Hall–Kier alpha value is -2.21. The van der Waals surface area contributed by atoms with Crippen LogP contribution in [-0.2, 0) is 16.0 Å². The van der Waals surface area contributed by atoms with E-state index in [0.29, 0.717) is 13.0 Å². The van der Waals surface area contributed by atoms with E-state index in [9.17, 15) is 4.79 Å². The van der Waals surface area contributed by atoms with Crippen molar-refractivity contribution in [2.45, 2.75) is 12.5 Å². The lowest BCUT2D eigenvalue weighted by Crippen LogP contribution is -2.43. The molecule has 1 atom stereocenters. The molecule has 140 valence electrons. The van der Waals surface area contributed by atoms with Gasteiger partial charge in [0.15, 0.2) is 0 Å². The zero-order valence-corrected chi connectivity index (χ0v) is 16.1. The summed E-state index contributed by atoms with van der Waals surface area (Å²) in [5, 5.41) is 7.62. The highest BCUT2D eigenvalue weighted by atomic mass is 32.1. The lowest BCUT2D eigenvalue weighted by Gasteiger charge is -2.34. The number of nitrogens with zero attached hydrogens (tertiary/aromatic N) is 1. The van der Waals surface area contributed by atoms with Crippen LogP contribution in [0.25, 0.3) is 10.8 Å². The molecule has 0 spiro atoms. The van der Waals surface area contributed by atoms with Crippen molar-refractivity contribution in [3.05, 3.63) is 70.4 Å². The summed E-state index contributed by atoms with van der Waals surface area (Å²) in [6, 6.07) is 18.9. The van der Waals surface area contributed by atoms with E-state index in [1.807, 2.05) is 18.2 Å². The first-order chi connectivity index (χ1) is 13.3. The fourth-order valence-electron chi connectivity index (χ4n) is 3.59. The van der Waals surface area contributed by atoms with Crippen LogP contribution in [0.1, 0.15) is 16.5 Å². The van der Waals surface area contributed by atoms with E-state index < -0.39 is 0 Å². The van der Waals surface area contributed by atoms with Crippen LogP contribution in [-0.4, -0.2) is 43.7 Å². The minimum absolute atomic E-state index is 0.0695. The summed E-state index contributed by atoms with van der Waals surface area (Å²) < 4.78 is 5.48.